The fourth-order valence-electron chi connectivity index (χ4n) is 2.18. The number of Topliss-reactive ketones (excluding diaryl/α,β-unsaturated/α-hetero) is 1. The van der Waals surface area contributed by atoms with Crippen molar-refractivity contribution in [2.45, 2.75) is 19.0 Å². The molecule has 0 fully saturated rings. The lowest BCUT2D eigenvalue weighted by atomic mass is 10.0. The molecule has 0 bridgehead atoms. The Morgan fingerprint density at radius 2 is 1.58 bits per heavy atom. The predicted molar refractivity (Wildman–Crippen MR) is 89.1 cm³/mol. The molecule has 2 aromatic rings. The van der Waals surface area contributed by atoms with Crippen LogP contribution in [0.25, 0.3) is 11.1 Å². The van der Waals surface area contributed by atoms with Gasteiger partial charge >= 0.3 is 5.97 Å². The normalized spacial score (nSPS) is 11.8. The number of carbonyl (C=O) groups is 2. The molecule has 1 atom stereocenters. The van der Waals surface area contributed by atoms with Crippen molar-refractivity contribution in [3.8, 4) is 11.1 Å². The zero-order valence-electron chi connectivity index (χ0n) is 13.4. The largest absolute Gasteiger partial charge is 0.462 e. The molecule has 3 N–H and O–H groups in total. The van der Waals surface area contributed by atoms with Gasteiger partial charge in [-0.25, -0.2) is 4.39 Å². The van der Waals surface area contributed by atoms with E-state index in [1.165, 1.54) is 0 Å². The Hall–Kier alpha value is -2.53. The van der Waals surface area contributed by atoms with Gasteiger partial charge in [0.2, 0.25) is 0 Å². The standard InChI is InChI=1S/C19H20FNO3/c20-17(12-21)13-24-19(23)11-10-18(22)16-8-6-15(7-9-16)14-4-2-1-3-5-14/h1-9,17H,10-13,21H2/p+1. The number of hydrogen-bond acceptors (Lipinski definition) is 3. The summed E-state index contributed by atoms with van der Waals surface area (Å²) in [5, 5.41) is 0. The highest BCUT2D eigenvalue weighted by Crippen LogP contribution is 2.20. The third-order valence-corrected chi connectivity index (χ3v) is 3.61. The van der Waals surface area contributed by atoms with Gasteiger partial charge in [-0.15, -0.1) is 0 Å². The van der Waals surface area contributed by atoms with Gasteiger partial charge in [-0.1, -0.05) is 54.6 Å². The summed E-state index contributed by atoms with van der Waals surface area (Å²) in [6, 6.07) is 17.1. The second kappa shape index (κ2) is 8.93. The minimum absolute atomic E-state index is 0.0465. The van der Waals surface area contributed by atoms with Crippen LogP contribution in [0.5, 0.6) is 0 Å². The van der Waals surface area contributed by atoms with E-state index >= 15 is 0 Å². The third kappa shape index (κ3) is 5.28. The highest BCUT2D eigenvalue weighted by molar-refractivity contribution is 5.97. The lowest BCUT2D eigenvalue weighted by Crippen LogP contribution is -2.55. The summed E-state index contributed by atoms with van der Waals surface area (Å²) in [5.74, 6) is -0.708. The number of benzene rings is 2. The van der Waals surface area contributed by atoms with Crippen LogP contribution >= 0.6 is 0 Å². The van der Waals surface area contributed by atoms with Crippen LogP contribution in [0.15, 0.2) is 54.6 Å². The molecule has 0 saturated carbocycles. The number of carbonyl (C=O) groups excluding carboxylic acids is 2. The van der Waals surface area contributed by atoms with Gasteiger partial charge in [-0.3, -0.25) is 9.59 Å². The van der Waals surface area contributed by atoms with E-state index in [4.69, 9.17) is 4.74 Å². The first-order valence-electron chi connectivity index (χ1n) is 7.87. The Balaban J connectivity index is 1.86. The number of ketones is 1. The van der Waals surface area contributed by atoms with Crippen LogP contribution in [0.1, 0.15) is 23.2 Å². The van der Waals surface area contributed by atoms with Gasteiger partial charge in [0.1, 0.15) is 13.2 Å². The van der Waals surface area contributed by atoms with E-state index in [-0.39, 0.29) is 31.8 Å². The van der Waals surface area contributed by atoms with Crippen molar-refractivity contribution < 1.29 is 24.5 Å². The van der Waals surface area contributed by atoms with Gasteiger partial charge in [0.15, 0.2) is 12.0 Å². The SMILES string of the molecule is [NH3+]CC(F)COC(=O)CCC(=O)c1ccc(-c2ccccc2)cc1. The van der Waals surface area contributed by atoms with Crippen molar-refractivity contribution in [3.63, 3.8) is 0 Å². The van der Waals surface area contributed by atoms with Crippen molar-refractivity contribution >= 4 is 11.8 Å². The third-order valence-electron chi connectivity index (χ3n) is 3.61. The molecule has 0 amide bonds. The molecule has 0 aromatic heterocycles. The van der Waals surface area contributed by atoms with Crippen molar-refractivity contribution in [3.05, 3.63) is 60.2 Å². The summed E-state index contributed by atoms with van der Waals surface area (Å²) in [4.78, 5) is 23.6. The Morgan fingerprint density at radius 1 is 0.958 bits per heavy atom. The quantitative estimate of drug-likeness (QED) is 0.597. The Morgan fingerprint density at radius 3 is 2.21 bits per heavy atom. The number of esters is 1. The summed E-state index contributed by atoms with van der Waals surface area (Å²) in [7, 11) is 0. The molecule has 0 aliphatic heterocycles. The molecule has 126 valence electrons. The highest BCUT2D eigenvalue weighted by Gasteiger charge is 2.13. The first-order valence-corrected chi connectivity index (χ1v) is 7.87. The maximum Gasteiger partial charge on any atom is 0.306 e. The van der Waals surface area contributed by atoms with Crippen LogP contribution in [-0.2, 0) is 9.53 Å². The molecule has 2 rings (SSSR count). The maximum absolute atomic E-state index is 12.9. The zero-order valence-corrected chi connectivity index (χ0v) is 13.4. The van der Waals surface area contributed by atoms with E-state index in [0.717, 1.165) is 11.1 Å². The molecule has 2 aromatic carbocycles. The predicted octanol–water partition coefficient (Wildman–Crippen LogP) is 2.44. The Bertz CT molecular complexity index is 671. The summed E-state index contributed by atoms with van der Waals surface area (Å²) in [6.45, 7) is -0.248. The molecule has 0 aliphatic carbocycles. The van der Waals surface area contributed by atoms with E-state index in [1.807, 2.05) is 42.5 Å². The average Bonchev–Trinajstić information content (AvgIpc) is 2.64. The Kier molecular flexibility index (Phi) is 6.63. The van der Waals surface area contributed by atoms with E-state index < -0.39 is 12.1 Å². The lowest BCUT2D eigenvalue weighted by Gasteiger charge is -2.06. The molecule has 24 heavy (non-hydrogen) atoms. The topological polar surface area (TPSA) is 71.0 Å². The number of alkyl halides is 1. The fourth-order valence-corrected chi connectivity index (χ4v) is 2.18. The van der Waals surface area contributed by atoms with Gasteiger partial charge in [-0.2, -0.15) is 0 Å². The number of hydrogen-bond donors (Lipinski definition) is 1. The molecule has 0 aliphatic rings. The molecular formula is C19H21FNO3+. The number of halogens is 1. The van der Waals surface area contributed by atoms with Gasteiger partial charge in [0, 0.05) is 12.0 Å². The van der Waals surface area contributed by atoms with Crippen LogP contribution in [0.4, 0.5) is 4.39 Å². The Labute approximate surface area is 140 Å². The van der Waals surface area contributed by atoms with Crippen LogP contribution in [0.3, 0.4) is 0 Å². The molecule has 0 spiro atoms. The van der Waals surface area contributed by atoms with Crippen LogP contribution < -0.4 is 5.73 Å². The van der Waals surface area contributed by atoms with Crippen LogP contribution in [0, 0.1) is 0 Å². The van der Waals surface area contributed by atoms with Gasteiger partial charge in [0.05, 0.1) is 6.42 Å². The van der Waals surface area contributed by atoms with Crippen molar-refractivity contribution in [1.29, 1.82) is 0 Å². The first-order chi connectivity index (χ1) is 11.6. The van der Waals surface area contributed by atoms with Gasteiger partial charge in [-0.05, 0) is 11.1 Å². The molecule has 5 heteroatoms. The first kappa shape index (κ1) is 17.8. The van der Waals surface area contributed by atoms with Crippen molar-refractivity contribution in [1.82, 2.24) is 0 Å². The summed E-state index contributed by atoms with van der Waals surface area (Å²) in [6.07, 6.45) is -1.26. The van der Waals surface area contributed by atoms with Crippen molar-refractivity contribution in [2.24, 2.45) is 0 Å². The second-order valence-corrected chi connectivity index (χ2v) is 5.44. The highest BCUT2D eigenvalue weighted by atomic mass is 19.1. The fraction of sp³-hybridized carbons (Fsp3) is 0.263. The van der Waals surface area contributed by atoms with Gasteiger partial charge < -0.3 is 10.5 Å². The second-order valence-electron chi connectivity index (χ2n) is 5.44. The van der Waals surface area contributed by atoms with Crippen LogP contribution in [0.2, 0.25) is 0 Å². The monoisotopic (exact) mass is 330 g/mol. The average molecular weight is 330 g/mol. The number of quaternary nitrogens is 1. The minimum Gasteiger partial charge on any atom is -0.462 e. The van der Waals surface area contributed by atoms with E-state index in [1.54, 1.807) is 12.1 Å². The van der Waals surface area contributed by atoms with E-state index in [2.05, 4.69) is 5.73 Å². The molecule has 0 saturated heterocycles. The smallest absolute Gasteiger partial charge is 0.306 e. The van der Waals surface area contributed by atoms with Gasteiger partial charge in [0.25, 0.3) is 0 Å². The number of ether oxygens (including phenoxy) is 1. The summed E-state index contributed by atoms with van der Waals surface area (Å²) in [5.41, 5.74) is 6.03. The number of rotatable bonds is 8. The molecule has 4 nitrogen and oxygen atoms in total. The summed E-state index contributed by atoms with van der Waals surface area (Å²) < 4.78 is 17.7. The molecule has 1 unspecified atom stereocenters. The maximum atomic E-state index is 12.9. The van der Waals surface area contributed by atoms with Crippen LogP contribution in [-0.4, -0.2) is 31.1 Å². The lowest BCUT2D eigenvalue weighted by molar-refractivity contribution is -0.380. The molecule has 0 radical (unpaired) electrons. The minimum atomic E-state index is -1.25. The van der Waals surface area contributed by atoms with Crippen molar-refractivity contribution in [2.75, 3.05) is 13.2 Å². The molecular weight excluding hydrogens is 309 g/mol. The van der Waals surface area contributed by atoms with E-state index in [0.29, 0.717) is 5.56 Å². The molecule has 0 heterocycles. The summed E-state index contributed by atoms with van der Waals surface area (Å²) >= 11 is 0. The zero-order chi connectivity index (χ0) is 17.4. The van der Waals surface area contributed by atoms with E-state index in [9.17, 15) is 14.0 Å².